The molecule has 4 rings (SSSR count). The van der Waals surface area contributed by atoms with Gasteiger partial charge in [0.15, 0.2) is 0 Å². The Labute approximate surface area is 133 Å². The summed E-state index contributed by atoms with van der Waals surface area (Å²) in [6.45, 7) is 0. The number of carboxylic acid groups (broad SMARTS) is 1. The summed E-state index contributed by atoms with van der Waals surface area (Å²) in [4.78, 5) is 24.1. The van der Waals surface area contributed by atoms with E-state index in [0.29, 0.717) is 5.69 Å². The molecule has 0 saturated carbocycles. The lowest BCUT2D eigenvalue weighted by Crippen LogP contribution is -2.40. The topological polar surface area (TPSA) is 75.6 Å². The molecule has 5 nitrogen and oxygen atoms in total. The van der Waals surface area contributed by atoms with Crippen LogP contribution in [0.25, 0.3) is 10.8 Å². The highest BCUT2D eigenvalue weighted by atomic mass is 16.5. The Morgan fingerprint density at radius 3 is 2.43 bits per heavy atom. The lowest BCUT2D eigenvalue weighted by molar-refractivity contribution is -0.147. The van der Waals surface area contributed by atoms with Crippen molar-refractivity contribution in [3.05, 3.63) is 42.5 Å². The predicted molar refractivity (Wildman–Crippen MR) is 85.1 cm³/mol. The van der Waals surface area contributed by atoms with E-state index in [0.717, 1.165) is 23.6 Å². The molecule has 0 aliphatic carbocycles. The lowest BCUT2D eigenvalue weighted by atomic mass is 9.78. The number of aliphatic carboxylic acids is 1. The van der Waals surface area contributed by atoms with E-state index in [9.17, 15) is 14.7 Å². The predicted octanol–water partition coefficient (Wildman–Crippen LogP) is 2.66. The molecule has 2 unspecified atom stereocenters. The number of fused-ring (bicyclic) bond motifs is 3. The van der Waals surface area contributed by atoms with Crippen LogP contribution in [0, 0.1) is 11.8 Å². The minimum atomic E-state index is -0.948. The summed E-state index contributed by atoms with van der Waals surface area (Å²) in [6.07, 6.45) is 0.873. The zero-order valence-corrected chi connectivity index (χ0v) is 12.4. The maximum atomic E-state index is 12.6. The standard InChI is InChI=1S/C18H17NO4/c20-17(15-13-7-8-14(23-13)16(15)18(21)22)19-12-6-5-10-3-1-2-4-11(10)9-12/h1-6,9,13-16H,7-8H2,(H,19,20)(H,21,22)/t13-,14+,15?,16?/m0/s1. The van der Waals surface area contributed by atoms with Crippen LogP contribution in [0.4, 0.5) is 5.69 Å². The molecule has 4 atom stereocenters. The van der Waals surface area contributed by atoms with E-state index in [1.165, 1.54) is 0 Å². The fraction of sp³-hybridized carbons (Fsp3) is 0.333. The third-order valence-electron chi connectivity index (χ3n) is 4.88. The first kappa shape index (κ1) is 14.2. The number of carboxylic acids is 1. The smallest absolute Gasteiger partial charge is 0.310 e. The Bertz CT molecular complexity index is 787. The van der Waals surface area contributed by atoms with Gasteiger partial charge < -0.3 is 15.2 Å². The molecule has 118 valence electrons. The number of carbonyl (C=O) groups excluding carboxylic acids is 1. The van der Waals surface area contributed by atoms with Crippen LogP contribution in [0.15, 0.2) is 42.5 Å². The van der Waals surface area contributed by atoms with Crippen LogP contribution in [0.2, 0.25) is 0 Å². The van der Waals surface area contributed by atoms with Gasteiger partial charge in [0.05, 0.1) is 24.0 Å². The number of amides is 1. The molecule has 1 amide bonds. The number of nitrogens with one attached hydrogen (secondary N) is 1. The Morgan fingerprint density at radius 2 is 1.70 bits per heavy atom. The van der Waals surface area contributed by atoms with Gasteiger partial charge in [-0.05, 0) is 35.7 Å². The zero-order valence-electron chi connectivity index (χ0n) is 12.4. The van der Waals surface area contributed by atoms with Crippen molar-refractivity contribution in [2.75, 3.05) is 5.32 Å². The van der Waals surface area contributed by atoms with E-state index in [1.54, 1.807) is 0 Å². The Morgan fingerprint density at radius 1 is 1.00 bits per heavy atom. The second kappa shape index (κ2) is 5.35. The molecule has 0 radical (unpaired) electrons. The van der Waals surface area contributed by atoms with Crippen LogP contribution in [0.3, 0.4) is 0 Å². The first-order valence-corrected chi connectivity index (χ1v) is 7.81. The summed E-state index contributed by atoms with van der Waals surface area (Å²) in [7, 11) is 0. The molecule has 2 aromatic rings. The number of anilines is 1. The molecule has 2 aliphatic rings. The first-order chi connectivity index (χ1) is 11.1. The fourth-order valence-corrected chi connectivity index (χ4v) is 3.82. The molecule has 2 N–H and O–H groups in total. The van der Waals surface area contributed by atoms with Gasteiger partial charge in [0.2, 0.25) is 5.91 Å². The van der Waals surface area contributed by atoms with Crippen LogP contribution >= 0.6 is 0 Å². The van der Waals surface area contributed by atoms with Crippen LogP contribution in [0.5, 0.6) is 0 Å². The van der Waals surface area contributed by atoms with E-state index in [1.807, 2.05) is 42.5 Å². The molecule has 2 aromatic carbocycles. The van der Waals surface area contributed by atoms with E-state index in [-0.39, 0.29) is 18.1 Å². The maximum absolute atomic E-state index is 12.6. The van der Waals surface area contributed by atoms with Crippen molar-refractivity contribution in [3.8, 4) is 0 Å². The largest absolute Gasteiger partial charge is 0.481 e. The van der Waals surface area contributed by atoms with E-state index in [2.05, 4.69) is 5.32 Å². The van der Waals surface area contributed by atoms with Crippen molar-refractivity contribution < 1.29 is 19.4 Å². The highest BCUT2D eigenvalue weighted by molar-refractivity contribution is 5.98. The fourth-order valence-electron chi connectivity index (χ4n) is 3.82. The molecular formula is C18H17NO4. The van der Waals surface area contributed by atoms with Gasteiger partial charge in [-0.1, -0.05) is 30.3 Å². The molecular weight excluding hydrogens is 294 g/mol. The van der Waals surface area contributed by atoms with Gasteiger partial charge in [0.25, 0.3) is 0 Å². The Hall–Kier alpha value is -2.40. The van der Waals surface area contributed by atoms with Crippen molar-refractivity contribution >= 4 is 28.3 Å². The quantitative estimate of drug-likeness (QED) is 0.914. The van der Waals surface area contributed by atoms with Gasteiger partial charge in [-0.3, -0.25) is 9.59 Å². The van der Waals surface area contributed by atoms with E-state index < -0.39 is 17.8 Å². The van der Waals surface area contributed by atoms with Crippen LogP contribution in [0.1, 0.15) is 12.8 Å². The SMILES string of the molecule is O=C(Nc1ccc2ccccc2c1)C1C(C(=O)O)[C@H]2CC[C@@H]1O2. The number of benzene rings is 2. The summed E-state index contributed by atoms with van der Waals surface area (Å²) in [5.41, 5.74) is 0.681. The minimum Gasteiger partial charge on any atom is -0.481 e. The molecule has 0 aromatic heterocycles. The number of rotatable bonds is 3. The molecule has 2 aliphatic heterocycles. The van der Waals surface area contributed by atoms with Crippen LogP contribution in [-0.2, 0) is 14.3 Å². The number of carbonyl (C=O) groups is 2. The van der Waals surface area contributed by atoms with Gasteiger partial charge in [0.1, 0.15) is 0 Å². The van der Waals surface area contributed by atoms with Gasteiger partial charge in [-0.25, -0.2) is 0 Å². The molecule has 0 spiro atoms. The molecule has 2 bridgehead atoms. The molecule has 23 heavy (non-hydrogen) atoms. The average Bonchev–Trinajstić information content (AvgIpc) is 3.15. The molecule has 5 heteroatoms. The summed E-state index contributed by atoms with van der Waals surface area (Å²) < 4.78 is 5.65. The first-order valence-electron chi connectivity index (χ1n) is 7.81. The van der Waals surface area contributed by atoms with Gasteiger partial charge in [-0.15, -0.1) is 0 Å². The highest BCUT2D eigenvalue weighted by Crippen LogP contribution is 2.44. The van der Waals surface area contributed by atoms with Crippen molar-refractivity contribution in [2.24, 2.45) is 11.8 Å². The number of ether oxygens (including phenoxy) is 1. The minimum absolute atomic E-state index is 0.264. The summed E-state index contributed by atoms with van der Waals surface area (Å²) >= 11 is 0. The number of hydrogen-bond donors (Lipinski definition) is 2. The summed E-state index contributed by atoms with van der Waals surface area (Å²) in [6, 6.07) is 13.6. The van der Waals surface area contributed by atoms with Crippen LogP contribution in [-0.4, -0.2) is 29.2 Å². The van der Waals surface area contributed by atoms with Crippen molar-refractivity contribution in [3.63, 3.8) is 0 Å². The van der Waals surface area contributed by atoms with Crippen molar-refractivity contribution in [1.29, 1.82) is 0 Å². The zero-order chi connectivity index (χ0) is 16.0. The summed E-state index contributed by atoms with van der Waals surface area (Å²) in [5.74, 6) is -2.57. The molecule has 2 saturated heterocycles. The van der Waals surface area contributed by atoms with Gasteiger partial charge in [0, 0.05) is 5.69 Å². The monoisotopic (exact) mass is 311 g/mol. The van der Waals surface area contributed by atoms with Crippen molar-refractivity contribution in [1.82, 2.24) is 0 Å². The Balaban J connectivity index is 1.57. The normalized spacial score (nSPS) is 28.9. The Kier molecular flexibility index (Phi) is 3.31. The van der Waals surface area contributed by atoms with E-state index in [4.69, 9.17) is 4.74 Å². The molecule has 2 fully saturated rings. The third kappa shape index (κ3) is 2.37. The highest BCUT2D eigenvalue weighted by Gasteiger charge is 2.55. The van der Waals surface area contributed by atoms with Gasteiger partial charge >= 0.3 is 5.97 Å². The second-order valence-corrected chi connectivity index (χ2v) is 6.23. The number of hydrogen-bond acceptors (Lipinski definition) is 3. The average molecular weight is 311 g/mol. The van der Waals surface area contributed by atoms with Crippen LogP contribution < -0.4 is 5.32 Å². The van der Waals surface area contributed by atoms with Crippen molar-refractivity contribution in [2.45, 2.75) is 25.0 Å². The van der Waals surface area contributed by atoms with Gasteiger partial charge in [-0.2, -0.15) is 0 Å². The molecule has 2 heterocycles. The second-order valence-electron chi connectivity index (χ2n) is 6.23. The third-order valence-corrected chi connectivity index (χ3v) is 4.88. The lowest BCUT2D eigenvalue weighted by Gasteiger charge is -2.23. The maximum Gasteiger partial charge on any atom is 0.310 e. The van der Waals surface area contributed by atoms with E-state index >= 15 is 0 Å². The summed E-state index contributed by atoms with van der Waals surface area (Å²) in [5, 5.41) is 14.4.